The summed E-state index contributed by atoms with van der Waals surface area (Å²) in [5, 5.41) is 2.46. The zero-order chi connectivity index (χ0) is 20.2. The van der Waals surface area contributed by atoms with E-state index in [2.05, 4.69) is 4.98 Å². The van der Waals surface area contributed by atoms with Crippen molar-refractivity contribution in [3.63, 3.8) is 0 Å². The number of rotatable bonds is 7. The summed E-state index contributed by atoms with van der Waals surface area (Å²) >= 11 is 1.44. The predicted octanol–water partition coefficient (Wildman–Crippen LogP) is 4.00. The first-order valence-corrected chi connectivity index (χ1v) is 11.0. The van der Waals surface area contributed by atoms with Gasteiger partial charge in [0, 0.05) is 25.6 Å². The molecule has 5 nitrogen and oxygen atoms in total. The van der Waals surface area contributed by atoms with Gasteiger partial charge in [-0.3, -0.25) is 14.2 Å². The van der Waals surface area contributed by atoms with Crippen LogP contribution < -0.4 is 5.56 Å². The summed E-state index contributed by atoms with van der Waals surface area (Å²) in [5.74, 6) is -0.185. The molecule has 2 aromatic heterocycles. The summed E-state index contributed by atoms with van der Waals surface area (Å²) in [6.45, 7) is 0.946. The van der Waals surface area contributed by atoms with Crippen LogP contribution in [0.5, 0.6) is 0 Å². The van der Waals surface area contributed by atoms with E-state index in [4.69, 9.17) is 0 Å². The maximum atomic E-state index is 13.1. The summed E-state index contributed by atoms with van der Waals surface area (Å²) in [4.78, 5) is 32.6. The van der Waals surface area contributed by atoms with Crippen molar-refractivity contribution in [3.8, 4) is 0 Å². The van der Waals surface area contributed by atoms with E-state index in [1.54, 1.807) is 18.2 Å². The molecule has 4 rings (SSSR count). The number of hydrogen-bond acceptors (Lipinski definition) is 4. The molecule has 0 bridgehead atoms. The second kappa shape index (κ2) is 8.86. The van der Waals surface area contributed by atoms with E-state index >= 15 is 0 Å². The van der Waals surface area contributed by atoms with Crippen LogP contribution in [-0.4, -0.2) is 32.9 Å². The van der Waals surface area contributed by atoms with E-state index in [-0.39, 0.29) is 29.7 Å². The molecule has 0 radical (unpaired) electrons. The van der Waals surface area contributed by atoms with Gasteiger partial charge in [0.2, 0.25) is 5.91 Å². The van der Waals surface area contributed by atoms with Gasteiger partial charge in [-0.2, -0.15) is 0 Å². The third-order valence-electron chi connectivity index (χ3n) is 5.66. The monoisotopic (exact) mass is 413 g/mol. The number of halogens is 1. The smallest absolute Gasteiger partial charge is 0.262 e. The number of carbonyl (C=O) groups is 1. The van der Waals surface area contributed by atoms with Crippen LogP contribution in [0, 0.1) is 5.82 Å². The number of aryl methyl sites for hydroxylation is 1. The largest absolute Gasteiger partial charge is 0.339 e. The number of benzene rings is 1. The molecule has 0 aliphatic heterocycles. The van der Waals surface area contributed by atoms with Crippen LogP contribution in [0.25, 0.3) is 10.2 Å². The zero-order valence-electron chi connectivity index (χ0n) is 16.2. The van der Waals surface area contributed by atoms with Crippen LogP contribution in [0.2, 0.25) is 0 Å². The normalized spacial score (nSPS) is 14.5. The Morgan fingerprint density at radius 2 is 1.97 bits per heavy atom. The molecule has 0 atom stereocenters. The fourth-order valence-corrected chi connectivity index (χ4v) is 4.76. The van der Waals surface area contributed by atoms with Crippen molar-refractivity contribution in [2.24, 2.45) is 0 Å². The van der Waals surface area contributed by atoms with Crippen molar-refractivity contribution in [1.29, 1.82) is 0 Å². The van der Waals surface area contributed by atoms with Gasteiger partial charge in [-0.25, -0.2) is 9.37 Å². The predicted molar refractivity (Wildman–Crippen MR) is 113 cm³/mol. The number of fused-ring (bicyclic) bond motifs is 1. The molecule has 0 spiro atoms. The second-order valence-electron chi connectivity index (χ2n) is 7.53. The minimum Gasteiger partial charge on any atom is -0.339 e. The highest BCUT2D eigenvalue weighted by Crippen LogP contribution is 2.24. The highest BCUT2D eigenvalue weighted by Gasteiger charge is 2.26. The molecule has 29 heavy (non-hydrogen) atoms. The van der Waals surface area contributed by atoms with E-state index < -0.39 is 0 Å². The van der Waals surface area contributed by atoms with Crippen molar-refractivity contribution in [2.45, 2.75) is 51.1 Å². The van der Waals surface area contributed by atoms with Gasteiger partial charge in [-0.05, 0) is 48.4 Å². The summed E-state index contributed by atoms with van der Waals surface area (Å²) in [5.41, 5.74) is 0.924. The molecule has 7 heteroatoms. The lowest BCUT2D eigenvalue weighted by molar-refractivity contribution is -0.133. The van der Waals surface area contributed by atoms with Crippen molar-refractivity contribution < 1.29 is 9.18 Å². The highest BCUT2D eigenvalue weighted by molar-refractivity contribution is 7.16. The van der Waals surface area contributed by atoms with Crippen LogP contribution in [0.3, 0.4) is 0 Å². The minimum atomic E-state index is -0.251. The Labute approximate surface area is 172 Å². The molecule has 2 heterocycles. The average Bonchev–Trinajstić information content (AvgIpc) is 3.41. The lowest BCUT2D eigenvalue weighted by Gasteiger charge is -2.29. The number of aromatic nitrogens is 2. The molecule has 1 fully saturated rings. The van der Waals surface area contributed by atoms with Gasteiger partial charge in [-0.1, -0.05) is 25.0 Å². The third kappa shape index (κ3) is 4.56. The fourth-order valence-electron chi connectivity index (χ4n) is 4.04. The first-order chi connectivity index (χ1) is 14.1. The maximum Gasteiger partial charge on any atom is 0.262 e. The Balaban J connectivity index is 1.43. The van der Waals surface area contributed by atoms with Crippen LogP contribution >= 0.6 is 11.3 Å². The second-order valence-corrected chi connectivity index (χ2v) is 8.43. The van der Waals surface area contributed by atoms with Crippen molar-refractivity contribution in [3.05, 3.63) is 63.8 Å². The maximum absolute atomic E-state index is 13.1. The molecular formula is C22H24FN3O2S. The first kappa shape index (κ1) is 19.8. The van der Waals surface area contributed by atoms with Crippen molar-refractivity contribution in [2.75, 3.05) is 6.54 Å². The minimum absolute atomic E-state index is 0.0660. The Bertz CT molecular complexity index is 1040. The summed E-state index contributed by atoms with van der Waals surface area (Å²) in [6.07, 6.45) is 6.84. The zero-order valence-corrected chi connectivity index (χ0v) is 17.0. The highest BCUT2D eigenvalue weighted by atomic mass is 32.1. The van der Waals surface area contributed by atoms with Crippen LogP contribution in [0.4, 0.5) is 4.39 Å². The van der Waals surface area contributed by atoms with E-state index in [1.165, 1.54) is 34.4 Å². The van der Waals surface area contributed by atoms with Crippen LogP contribution in [0.1, 0.15) is 37.7 Å². The van der Waals surface area contributed by atoms with E-state index in [9.17, 15) is 14.0 Å². The molecule has 3 aromatic rings. The summed E-state index contributed by atoms with van der Waals surface area (Å²) in [6, 6.07) is 8.49. The lowest BCUT2D eigenvalue weighted by Crippen LogP contribution is -2.41. The van der Waals surface area contributed by atoms with Gasteiger partial charge >= 0.3 is 0 Å². The number of hydrogen-bond donors (Lipinski definition) is 0. The molecule has 1 aromatic carbocycles. The van der Waals surface area contributed by atoms with Crippen molar-refractivity contribution in [1.82, 2.24) is 14.5 Å². The van der Waals surface area contributed by atoms with E-state index in [0.717, 1.165) is 36.1 Å². The average molecular weight is 414 g/mol. The summed E-state index contributed by atoms with van der Waals surface area (Å²) < 4.78 is 14.7. The number of amides is 1. The van der Waals surface area contributed by atoms with Crippen LogP contribution in [0.15, 0.2) is 46.8 Å². The Morgan fingerprint density at radius 3 is 2.72 bits per heavy atom. The van der Waals surface area contributed by atoms with Gasteiger partial charge in [-0.15, -0.1) is 11.3 Å². The van der Waals surface area contributed by atoms with Gasteiger partial charge in [0.15, 0.2) is 0 Å². The molecule has 0 N–H and O–H groups in total. The lowest BCUT2D eigenvalue weighted by atomic mass is 10.1. The quantitative estimate of drug-likeness (QED) is 0.588. The molecule has 0 saturated heterocycles. The number of carbonyl (C=O) groups excluding carboxylic acids is 1. The molecule has 1 amide bonds. The SMILES string of the molecule is O=C(CCn1cnc2sccc2c1=O)N(CCc1ccc(F)cc1)C1CCCC1. The standard InChI is InChI=1S/C22H24FN3O2S/c23-17-7-5-16(6-8-17)9-13-26(18-3-1-2-4-18)20(27)10-12-25-15-24-21-19(22(25)28)11-14-29-21/h5-8,11,14-15,18H,1-4,9-10,12-13H2. The summed E-state index contributed by atoms with van der Waals surface area (Å²) in [7, 11) is 0. The molecule has 152 valence electrons. The molecule has 1 aliphatic rings. The molecule has 0 unspecified atom stereocenters. The van der Waals surface area contributed by atoms with Gasteiger partial charge in [0.25, 0.3) is 5.56 Å². The molecule has 1 aliphatic carbocycles. The van der Waals surface area contributed by atoms with Gasteiger partial charge < -0.3 is 4.90 Å². The number of thiophene rings is 1. The molecular weight excluding hydrogens is 389 g/mol. The van der Waals surface area contributed by atoms with Gasteiger partial charge in [0.05, 0.1) is 11.7 Å². The third-order valence-corrected chi connectivity index (χ3v) is 6.48. The Hall–Kier alpha value is -2.54. The molecule has 1 saturated carbocycles. The fraction of sp³-hybridized carbons (Fsp3) is 0.409. The van der Waals surface area contributed by atoms with Crippen LogP contribution in [-0.2, 0) is 17.8 Å². The first-order valence-electron chi connectivity index (χ1n) is 10.1. The van der Waals surface area contributed by atoms with E-state index in [0.29, 0.717) is 24.9 Å². The Kier molecular flexibility index (Phi) is 6.04. The van der Waals surface area contributed by atoms with Gasteiger partial charge in [0.1, 0.15) is 10.6 Å². The number of nitrogens with zero attached hydrogens (tertiary/aromatic N) is 3. The topological polar surface area (TPSA) is 55.2 Å². The van der Waals surface area contributed by atoms with Crippen molar-refractivity contribution >= 4 is 27.5 Å². The Morgan fingerprint density at radius 1 is 1.21 bits per heavy atom. The van der Waals surface area contributed by atoms with E-state index in [1.807, 2.05) is 10.3 Å².